The van der Waals surface area contributed by atoms with Crippen LogP contribution in [0, 0.1) is 5.92 Å². The molecule has 1 saturated heterocycles. The highest BCUT2D eigenvalue weighted by atomic mass is 16.3. The van der Waals surface area contributed by atoms with Crippen LogP contribution in [0.25, 0.3) is 0 Å². The number of piperazine rings is 1. The molecule has 1 atom stereocenters. The van der Waals surface area contributed by atoms with Crippen LogP contribution in [-0.4, -0.2) is 69.7 Å². The number of rotatable bonds is 7. The molecule has 1 aromatic rings. The third-order valence-corrected chi connectivity index (χ3v) is 7.16. The summed E-state index contributed by atoms with van der Waals surface area (Å²) in [6, 6.07) is 2.83. The molecule has 34 heavy (non-hydrogen) atoms. The summed E-state index contributed by atoms with van der Waals surface area (Å²) in [6.45, 7) is 18.2. The van der Waals surface area contributed by atoms with Gasteiger partial charge in [0.25, 0.3) is 0 Å². The molecule has 0 radical (unpaired) electrons. The third-order valence-electron chi connectivity index (χ3n) is 7.16. The van der Waals surface area contributed by atoms with E-state index in [4.69, 9.17) is 9.97 Å². The minimum atomic E-state index is -0.799. The number of amides is 1. The van der Waals surface area contributed by atoms with E-state index in [-0.39, 0.29) is 11.3 Å². The Labute approximate surface area is 206 Å². The monoisotopic (exact) mass is 473 g/mol. The molecule has 1 aliphatic heterocycles. The maximum Gasteiger partial charge on any atom is 0.217 e. The van der Waals surface area contributed by atoms with Gasteiger partial charge in [-0.2, -0.15) is 0 Å². The molecule has 2 heterocycles. The smallest absolute Gasteiger partial charge is 0.217 e. The molecule has 0 bridgehead atoms. The Hall–Kier alpha value is -1.73. The largest absolute Gasteiger partial charge is 0.390 e. The van der Waals surface area contributed by atoms with Gasteiger partial charge in [-0.15, -0.1) is 0 Å². The van der Waals surface area contributed by atoms with Crippen molar-refractivity contribution in [1.29, 1.82) is 0 Å². The number of carbonyl (C=O) groups is 1. The van der Waals surface area contributed by atoms with Crippen molar-refractivity contribution in [3.05, 3.63) is 17.6 Å². The van der Waals surface area contributed by atoms with Crippen molar-refractivity contribution < 1.29 is 9.90 Å². The van der Waals surface area contributed by atoms with E-state index in [1.54, 1.807) is 6.92 Å². The SMILES string of the molecule is CC(=O)NC1CCC(CCN2CCN(c3cc(CC(C)(C)O)nc(C(C)(C)C)n3)C(C)C2)CC1. The Morgan fingerprint density at radius 2 is 1.79 bits per heavy atom. The van der Waals surface area contributed by atoms with Gasteiger partial charge in [-0.05, 0) is 65.3 Å². The van der Waals surface area contributed by atoms with Crippen LogP contribution in [0.15, 0.2) is 6.07 Å². The van der Waals surface area contributed by atoms with E-state index < -0.39 is 5.60 Å². The van der Waals surface area contributed by atoms with E-state index in [2.05, 4.69) is 48.9 Å². The second kappa shape index (κ2) is 10.9. The van der Waals surface area contributed by atoms with Gasteiger partial charge < -0.3 is 15.3 Å². The molecular weight excluding hydrogens is 426 g/mol. The first-order valence-corrected chi connectivity index (χ1v) is 13.2. The number of carbonyl (C=O) groups excluding carboxylic acids is 1. The normalized spacial score (nSPS) is 24.8. The number of aromatic nitrogens is 2. The summed E-state index contributed by atoms with van der Waals surface area (Å²) in [7, 11) is 0. The molecule has 3 rings (SSSR count). The first-order chi connectivity index (χ1) is 15.8. The number of hydrogen-bond acceptors (Lipinski definition) is 6. The van der Waals surface area contributed by atoms with Gasteiger partial charge in [-0.1, -0.05) is 20.8 Å². The zero-order valence-electron chi connectivity index (χ0n) is 22.5. The molecule has 0 aromatic carbocycles. The van der Waals surface area contributed by atoms with Gasteiger partial charge >= 0.3 is 0 Å². The predicted molar refractivity (Wildman–Crippen MR) is 138 cm³/mol. The van der Waals surface area contributed by atoms with Gasteiger partial charge in [0.1, 0.15) is 11.6 Å². The van der Waals surface area contributed by atoms with E-state index in [0.29, 0.717) is 18.5 Å². The molecule has 7 nitrogen and oxygen atoms in total. The average molecular weight is 474 g/mol. The van der Waals surface area contributed by atoms with Crippen LogP contribution < -0.4 is 10.2 Å². The van der Waals surface area contributed by atoms with Crippen molar-refractivity contribution in [1.82, 2.24) is 20.2 Å². The summed E-state index contributed by atoms with van der Waals surface area (Å²) < 4.78 is 0. The highest BCUT2D eigenvalue weighted by molar-refractivity contribution is 5.73. The van der Waals surface area contributed by atoms with Crippen LogP contribution in [0.3, 0.4) is 0 Å². The van der Waals surface area contributed by atoms with Crippen molar-refractivity contribution in [3.63, 3.8) is 0 Å². The lowest BCUT2D eigenvalue weighted by Crippen LogP contribution is -2.52. The van der Waals surface area contributed by atoms with Gasteiger partial charge in [-0.25, -0.2) is 9.97 Å². The molecule has 1 aromatic heterocycles. The van der Waals surface area contributed by atoms with Crippen LogP contribution in [0.1, 0.15) is 92.1 Å². The fraction of sp³-hybridized carbons (Fsp3) is 0.815. The fourth-order valence-corrected chi connectivity index (χ4v) is 5.32. The minimum Gasteiger partial charge on any atom is -0.390 e. The lowest BCUT2D eigenvalue weighted by atomic mass is 9.84. The summed E-state index contributed by atoms with van der Waals surface area (Å²) in [5.74, 6) is 2.70. The summed E-state index contributed by atoms with van der Waals surface area (Å²) >= 11 is 0. The van der Waals surface area contributed by atoms with E-state index >= 15 is 0 Å². The zero-order chi connectivity index (χ0) is 25.1. The topological polar surface area (TPSA) is 81.6 Å². The second-order valence-electron chi connectivity index (χ2n) is 12.3. The summed E-state index contributed by atoms with van der Waals surface area (Å²) in [6.07, 6.45) is 6.44. The lowest BCUT2D eigenvalue weighted by molar-refractivity contribution is -0.119. The van der Waals surface area contributed by atoms with Crippen molar-refractivity contribution in [2.24, 2.45) is 5.92 Å². The Balaban J connectivity index is 1.58. The number of aliphatic hydroxyl groups is 1. The molecular formula is C27H47N5O2. The summed E-state index contributed by atoms with van der Waals surface area (Å²) in [5.41, 5.74) is -0.0345. The van der Waals surface area contributed by atoms with Crippen LogP contribution in [0.5, 0.6) is 0 Å². The van der Waals surface area contributed by atoms with Crippen LogP contribution in [0.4, 0.5) is 5.82 Å². The van der Waals surface area contributed by atoms with Crippen LogP contribution >= 0.6 is 0 Å². The number of anilines is 1. The van der Waals surface area contributed by atoms with Crippen LogP contribution in [0.2, 0.25) is 0 Å². The van der Waals surface area contributed by atoms with Crippen molar-refractivity contribution in [2.45, 2.75) is 110 Å². The molecule has 0 spiro atoms. The highest BCUT2D eigenvalue weighted by Gasteiger charge is 2.29. The van der Waals surface area contributed by atoms with Crippen LogP contribution in [-0.2, 0) is 16.6 Å². The fourth-order valence-electron chi connectivity index (χ4n) is 5.32. The Kier molecular flexibility index (Phi) is 8.61. The van der Waals surface area contributed by atoms with Gasteiger partial charge in [0.05, 0.1) is 5.60 Å². The number of hydrogen-bond donors (Lipinski definition) is 2. The van der Waals surface area contributed by atoms with E-state index in [1.807, 2.05) is 13.8 Å². The Bertz CT molecular complexity index is 821. The first kappa shape index (κ1) is 26.9. The van der Waals surface area contributed by atoms with Gasteiger partial charge in [0.15, 0.2) is 0 Å². The molecule has 2 fully saturated rings. The highest BCUT2D eigenvalue weighted by Crippen LogP contribution is 2.29. The summed E-state index contributed by atoms with van der Waals surface area (Å²) in [5, 5.41) is 13.5. The molecule has 192 valence electrons. The quantitative estimate of drug-likeness (QED) is 0.629. The van der Waals surface area contributed by atoms with Crippen molar-refractivity contribution in [3.8, 4) is 0 Å². The molecule has 1 unspecified atom stereocenters. The van der Waals surface area contributed by atoms with E-state index in [0.717, 1.165) is 62.3 Å². The van der Waals surface area contributed by atoms with Gasteiger partial charge in [-0.3, -0.25) is 9.69 Å². The molecule has 1 amide bonds. The minimum absolute atomic E-state index is 0.0980. The number of nitrogens with one attached hydrogen (secondary N) is 1. The average Bonchev–Trinajstić information content (AvgIpc) is 2.71. The maximum atomic E-state index is 11.3. The second-order valence-corrected chi connectivity index (χ2v) is 12.3. The van der Waals surface area contributed by atoms with Crippen molar-refractivity contribution >= 4 is 11.7 Å². The Morgan fingerprint density at radius 3 is 2.35 bits per heavy atom. The van der Waals surface area contributed by atoms with E-state index in [1.165, 1.54) is 19.3 Å². The van der Waals surface area contributed by atoms with E-state index in [9.17, 15) is 9.90 Å². The lowest BCUT2D eigenvalue weighted by Gasteiger charge is -2.41. The first-order valence-electron chi connectivity index (χ1n) is 13.2. The van der Waals surface area contributed by atoms with Crippen molar-refractivity contribution in [2.75, 3.05) is 31.1 Å². The molecule has 2 aliphatic rings. The molecule has 1 aliphatic carbocycles. The van der Waals surface area contributed by atoms with Gasteiger partial charge in [0, 0.05) is 62.2 Å². The predicted octanol–water partition coefficient (Wildman–Crippen LogP) is 3.68. The van der Waals surface area contributed by atoms with Gasteiger partial charge in [0.2, 0.25) is 5.91 Å². The molecule has 7 heteroatoms. The standard InChI is InChI=1S/C27H47N5O2/c1-19-18-31(13-12-21-8-10-22(11-9-21)28-20(2)33)14-15-32(19)24-16-23(17-27(6,7)34)29-25(30-24)26(3,4)5/h16,19,21-22,34H,8-15,17-18H2,1-7H3,(H,28,33). The summed E-state index contributed by atoms with van der Waals surface area (Å²) in [4.78, 5) is 26.1. The number of nitrogens with zero attached hydrogens (tertiary/aromatic N) is 4. The Morgan fingerprint density at radius 1 is 1.12 bits per heavy atom. The molecule has 1 saturated carbocycles. The zero-order valence-corrected chi connectivity index (χ0v) is 22.5. The molecule has 2 N–H and O–H groups in total. The third kappa shape index (κ3) is 7.91. The maximum absolute atomic E-state index is 11.3.